The van der Waals surface area contributed by atoms with E-state index in [0.717, 1.165) is 0 Å². The van der Waals surface area contributed by atoms with Gasteiger partial charge in [-0.25, -0.2) is 18.9 Å². The standard InChI is InChI=1S/C12H10FN3O2/c13-8-4-2-1-3-7(8)9-5-6-10-14-11(12(17)18)15-16(9)10/h1-4,9H,5-6H2,(H,17,18)/t9-/m1/s1. The highest BCUT2D eigenvalue weighted by Crippen LogP contribution is 2.31. The highest BCUT2D eigenvalue weighted by Gasteiger charge is 2.29. The van der Waals surface area contributed by atoms with Crippen LogP contribution in [-0.4, -0.2) is 25.8 Å². The fraction of sp³-hybridized carbons (Fsp3) is 0.250. The van der Waals surface area contributed by atoms with E-state index < -0.39 is 5.97 Å². The number of aryl methyl sites for hydroxylation is 1. The number of aromatic nitrogens is 3. The van der Waals surface area contributed by atoms with Gasteiger partial charge in [-0.3, -0.25) is 0 Å². The zero-order valence-corrected chi connectivity index (χ0v) is 9.38. The van der Waals surface area contributed by atoms with Gasteiger partial charge in [-0.05, 0) is 12.5 Å². The van der Waals surface area contributed by atoms with Crippen LogP contribution < -0.4 is 0 Å². The van der Waals surface area contributed by atoms with E-state index in [4.69, 9.17) is 5.11 Å². The van der Waals surface area contributed by atoms with Crippen molar-refractivity contribution in [2.45, 2.75) is 18.9 Å². The van der Waals surface area contributed by atoms with Crippen molar-refractivity contribution >= 4 is 5.97 Å². The van der Waals surface area contributed by atoms with Crippen molar-refractivity contribution in [1.29, 1.82) is 0 Å². The maximum Gasteiger partial charge on any atom is 0.375 e. The lowest BCUT2D eigenvalue weighted by molar-refractivity contribution is 0.0683. The van der Waals surface area contributed by atoms with Gasteiger partial charge in [-0.2, -0.15) is 0 Å². The zero-order chi connectivity index (χ0) is 12.7. The summed E-state index contributed by atoms with van der Waals surface area (Å²) in [4.78, 5) is 14.7. The van der Waals surface area contributed by atoms with Crippen LogP contribution in [0, 0.1) is 5.82 Å². The molecule has 1 atom stereocenters. The molecule has 1 N–H and O–H groups in total. The van der Waals surface area contributed by atoms with Crippen molar-refractivity contribution < 1.29 is 14.3 Å². The van der Waals surface area contributed by atoms with Crippen LogP contribution in [0.25, 0.3) is 0 Å². The number of carbonyl (C=O) groups is 1. The first-order valence-corrected chi connectivity index (χ1v) is 5.60. The van der Waals surface area contributed by atoms with Crippen molar-refractivity contribution in [2.24, 2.45) is 0 Å². The highest BCUT2D eigenvalue weighted by atomic mass is 19.1. The van der Waals surface area contributed by atoms with E-state index in [-0.39, 0.29) is 17.7 Å². The molecule has 0 radical (unpaired) electrons. The Balaban J connectivity index is 2.04. The van der Waals surface area contributed by atoms with Crippen LogP contribution >= 0.6 is 0 Å². The normalized spacial score (nSPS) is 17.7. The average Bonchev–Trinajstić information content (AvgIpc) is 2.89. The summed E-state index contributed by atoms with van der Waals surface area (Å²) < 4.78 is 15.2. The van der Waals surface area contributed by atoms with Crippen LogP contribution in [0.5, 0.6) is 0 Å². The van der Waals surface area contributed by atoms with Crippen LogP contribution in [0.4, 0.5) is 4.39 Å². The van der Waals surface area contributed by atoms with Gasteiger partial charge >= 0.3 is 5.97 Å². The van der Waals surface area contributed by atoms with Gasteiger partial charge < -0.3 is 5.11 Å². The van der Waals surface area contributed by atoms with Gasteiger partial charge in [0.25, 0.3) is 5.82 Å². The molecule has 2 aromatic rings. The topological polar surface area (TPSA) is 68.0 Å². The molecule has 92 valence electrons. The van der Waals surface area contributed by atoms with E-state index in [1.54, 1.807) is 18.2 Å². The minimum absolute atomic E-state index is 0.231. The summed E-state index contributed by atoms with van der Waals surface area (Å²) in [5.74, 6) is -1.10. The quantitative estimate of drug-likeness (QED) is 0.876. The molecule has 0 spiro atoms. The van der Waals surface area contributed by atoms with Crippen molar-refractivity contribution in [2.75, 3.05) is 0 Å². The summed E-state index contributed by atoms with van der Waals surface area (Å²) in [6, 6.07) is 6.20. The summed E-state index contributed by atoms with van der Waals surface area (Å²) in [6.45, 7) is 0. The first-order chi connectivity index (χ1) is 8.66. The van der Waals surface area contributed by atoms with Crippen LogP contribution in [0.3, 0.4) is 0 Å². The first kappa shape index (κ1) is 10.9. The fourth-order valence-electron chi connectivity index (χ4n) is 2.29. The molecule has 1 aromatic heterocycles. The van der Waals surface area contributed by atoms with E-state index in [0.29, 0.717) is 24.2 Å². The lowest BCUT2D eigenvalue weighted by Crippen LogP contribution is -2.10. The van der Waals surface area contributed by atoms with Gasteiger partial charge in [0.2, 0.25) is 0 Å². The van der Waals surface area contributed by atoms with Gasteiger partial charge in [0.05, 0.1) is 6.04 Å². The number of hydrogen-bond acceptors (Lipinski definition) is 3. The summed E-state index contributed by atoms with van der Waals surface area (Å²) in [6.07, 6.45) is 1.30. The lowest BCUT2D eigenvalue weighted by atomic mass is 10.0. The third-order valence-corrected chi connectivity index (χ3v) is 3.09. The minimum atomic E-state index is -1.16. The van der Waals surface area contributed by atoms with E-state index in [9.17, 15) is 9.18 Å². The van der Waals surface area contributed by atoms with Crippen molar-refractivity contribution in [3.8, 4) is 0 Å². The number of nitrogens with zero attached hydrogens (tertiary/aromatic N) is 3. The van der Waals surface area contributed by atoms with Gasteiger partial charge in [-0.1, -0.05) is 18.2 Å². The lowest BCUT2D eigenvalue weighted by Gasteiger charge is -2.12. The molecule has 0 amide bonds. The fourth-order valence-corrected chi connectivity index (χ4v) is 2.29. The molecular formula is C12H10FN3O2. The molecule has 1 aromatic carbocycles. The number of carboxylic acid groups (broad SMARTS) is 1. The third kappa shape index (κ3) is 1.57. The van der Waals surface area contributed by atoms with E-state index in [2.05, 4.69) is 10.1 Å². The molecule has 0 saturated heterocycles. The summed E-state index contributed by atoms with van der Waals surface area (Å²) >= 11 is 0. The Morgan fingerprint density at radius 3 is 2.94 bits per heavy atom. The van der Waals surface area contributed by atoms with Crippen molar-refractivity contribution in [3.05, 3.63) is 47.3 Å². The maximum atomic E-state index is 13.7. The Hall–Kier alpha value is -2.24. The molecule has 6 heteroatoms. The van der Waals surface area contributed by atoms with Gasteiger partial charge in [0, 0.05) is 12.0 Å². The van der Waals surface area contributed by atoms with Gasteiger partial charge in [0.1, 0.15) is 11.6 Å². The second kappa shape index (κ2) is 3.90. The predicted molar refractivity (Wildman–Crippen MR) is 59.8 cm³/mol. The minimum Gasteiger partial charge on any atom is -0.475 e. The van der Waals surface area contributed by atoms with Crippen LogP contribution in [0.1, 0.15) is 34.5 Å². The number of halogens is 1. The smallest absolute Gasteiger partial charge is 0.375 e. The van der Waals surface area contributed by atoms with E-state index >= 15 is 0 Å². The predicted octanol–water partition coefficient (Wildman–Crippen LogP) is 1.65. The molecule has 2 heterocycles. The summed E-state index contributed by atoms with van der Waals surface area (Å²) in [5, 5.41) is 12.8. The average molecular weight is 247 g/mol. The summed E-state index contributed by atoms with van der Waals surface area (Å²) in [7, 11) is 0. The molecule has 0 aliphatic carbocycles. The Labute approximate surface area is 102 Å². The second-order valence-corrected chi connectivity index (χ2v) is 4.18. The largest absolute Gasteiger partial charge is 0.475 e. The number of hydrogen-bond donors (Lipinski definition) is 1. The Morgan fingerprint density at radius 1 is 1.44 bits per heavy atom. The van der Waals surface area contributed by atoms with E-state index in [1.807, 2.05) is 0 Å². The van der Waals surface area contributed by atoms with Crippen molar-refractivity contribution in [3.63, 3.8) is 0 Å². The van der Waals surface area contributed by atoms with Crippen LogP contribution in [0.15, 0.2) is 24.3 Å². The molecule has 0 unspecified atom stereocenters. The van der Waals surface area contributed by atoms with Crippen LogP contribution in [0.2, 0.25) is 0 Å². The number of aromatic carboxylic acids is 1. The van der Waals surface area contributed by atoms with Gasteiger partial charge in [-0.15, -0.1) is 5.10 Å². The third-order valence-electron chi connectivity index (χ3n) is 3.09. The first-order valence-electron chi connectivity index (χ1n) is 5.60. The molecule has 0 fully saturated rings. The molecule has 5 nitrogen and oxygen atoms in total. The molecule has 0 bridgehead atoms. The highest BCUT2D eigenvalue weighted by molar-refractivity contribution is 5.82. The van der Waals surface area contributed by atoms with Crippen LogP contribution in [-0.2, 0) is 6.42 Å². The molecule has 0 saturated carbocycles. The summed E-state index contributed by atoms with van der Waals surface area (Å²) in [5.41, 5.74) is 0.526. The SMILES string of the molecule is O=C(O)c1nc2n(n1)[C@@H](c1ccccc1F)CC2. The Kier molecular flexibility index (Phi) is 2.36. The molecule has 3 rings (SSSR count). The Bertz CT molecular complexity index is 624. The number of benzene rings is 1. The monoisotopic (exact) mass is 247 g/mol. The number of fused-ring (bicyclic) bond motifs is 1. The molecule has 1 aliphatic heterocycles. The van der Waals surface area contributed by atoms with Gasteiger partial charge in [0.15, 0.2) is 0 Å². The second-order valence-electron chi connectivity index (χ2n) is 4.18. The number of carboxylic acids is 1. The molecular weight excluding hydrogens is 237 g/mol. The number of rotatable bonds is 2. The molecule has 18 heavy (non-hydrogen) atoms. The Morgan fingerprint density at radius 2 is 2.22 bits per heavy atom. The maximum absolute atomic E-state index is 13.7. The molecule has 1 aliphatic rings. The van der Waals surface area contributed by atoms with Crippen molar-refractivity contribution in [1.82, 2.24) is 14.8 Å². The van der Waals surface area contributed by atoms with E-state index in [1.165, 1.54) is 10.7 Å². The zero-order valence-electron chi connectivity index (χ0n) is 9.38.